The highest BCUT2D eigenvalue weighted by Crippen LogP contribution is 2.11. The molecule has 0 aliphatic heterocycles. The van der Waals surface area contributed by atoms with Gasteiger partial charge < -0.3 is 15.8 Å². The lowest BCUT2D eigenvalue weighted by Crippen LogP contribution is -2.34. The number of aromatic nitrogens is 1. The molecule has 0 aliphatic carbocycles. The minimum absolute atomic E-state index is 0.0581. The van der Waals surface area contributed by atoms with Crippen molar-refractivity contribution in [2.24, 2.45) is 16.8 Å². The molecule has 0 bridgehead atoms. The van der Waals surface area contributed by atoms with Crippen LogP contribution in [-0.4, -0.2) is 59.6 Å². The summed E-state index contributed by atoms with van der Waals surface area (Å²) >= 11 is 0. The molecule has 0 fully saturated rings. The van der Waals surface area contributed by atoms with Gasteiger partial charge in [-0.05, 0) is 31.6 Å². The maximum atomic E-state index is 8.87. The quantitative estimate of drug-likeness (QED) is 0.326. The largest absolute Gasteiger partial charge is 0.409 e. The first-order chi connectivity index (χ1) is 9.93. The maximum Gasteiger partial charge on any atom is 0.189 e. The molecule has 1 heterocycles. The SMILES string of the molecule is CC(C)CN(CCN(C)C)Cc1cccnc1C(N)=NO. The van der Waals surface area contributed by atoms with Crippen molar-refractivity contribution in [3.63, 3.8) is 0 Å². The second kappa shape index (κ2) is 8.59. The van der Waals surface area contributed by atoms with Crippen LogP contribution in [0, 0.1) is 5.92 Å². The Morgan fingerprint density at radius 2 is 2.10 bits per heavy atom. The Morgan fingerprint density at radius 3 is 2.67 bits per heavy atom. The summed E-state index contributed by atoms with van der Waals surface area (Å²) < 4.78 is 0. The van der Waals surface area contributed by atoms with Crippen LogP contribution in [0.5, 0.6) is 0 Å². The van der Waals surface area contributed by atoms with Gasteiger partial charge in [-0.3, -0.25) is 9.88 Å². The van der Waals surface area contributed by atoms with Gasteiger partial charge in [0.25, 0.3) is 0 Å². The van der Waals surface area contributed by atoms with Crippen LogP contribution in [0.4, 0.5) is 0 Å². The van der Waals surface area contributed by atoms with E-state index in [2.05, 4.69) is 47.9 Å². The van der Waals surface area contributed by atoms with E-state index in [4.69, 9.17) is 10.9 Å². The molecule has 1 rings (SSSR count). The van der Waals surface area contributed by atoms with Crippen LogP contribution >= 0.6 is 0 Å². The van der Waals surface area contributed by atoms with Crippen molar-refractivity contribution in [1.82, 2.24) is 14.8 Å². The number of pyridine rings is 1. The van der Waals surface area contributed by atoms with Crippen molar-refractivity contribution >= 4 is 5.84 Å². The second-order valence-electron chi connectivity index (χ2n) is 5.93. The van der Waals surface area contributed by atoms with E-state index in [-0.39, 0.29) is 5.84 Å². The number of likely N-dealkylation sites (N-methyl/N-ethyl adjacent to an activating group) is 1. The van der Waals surface area contributed by atoms with Crippen LogP contribution in [0.3, 0.4) is 0 Å². The second-order valence-corrected chi connectivity index (χ2v) is 5.93. The molecule has 21 heavy (non-hydrogen) atoms. The highest BCUT2D eigenvalue weighted by Gasteiger charge is 2.14. The van der Waals surface area contributed by atoms with Gasteiger partial charge in [-0.15, -0.1) is 0 Å². The Hall–Kier alpha value is -1.66. The third kappa shape index (κ3) is 6.10. The Balaban J connectivity index is 2.87. The van der Waals surface area contributed by atoms with E-state index in [9.17, 15) is 0 Å². The lowest BCUT2D eigenvalue weighted by molar-refractivity contribution is 0.211. The normalized spacial score (nSPS) is 12.6. The zero-order chi connectivity index (χ0) is 15.8. The molecule has 0 aromatic carbocycles. The number of hydrogen-bond donors (Lipinski definition) is 2. The van der Waals surface area contributed by atoms with E-state index in [1.165, 1.54) is 0 Å². The summed E-state index contributed by atoms with van der Waals surface area (Å²) in [6.07, 6.45) is 1.66. The summed E-state index contributed by atoms with van der Waals surface area (Å²) in [5.74, 6) is 0.638. The lowest BCUT2D eigenvalue weighted by atomic mass is 10.1. The predicted octanol–water partition coefficient (Wildman–Crippen LogP) is 1.20. The molecule has 0 aliphatic rings. The van der Waals surface area contributed by atoms with E-state index in [1.807, 2.05) is 12.1 Å². The van der Waals surface area contributed by atoms with E-state index < -0.39 is 0 Å². The predicted molar refractivity (Wildman–Crippen MR) is 85.4 cm³/mol. The Bertz CT molecular complexity index is 459. The van der Waals surface area contributed by atoms with Gasteiger partial charge in [0.1, 0.15) is 5.69 Å². The van der Waals surface area contributed by atoms with Gasteiger partial charge in [-0.1, -0.05) is 25.1 Å². The van der Waals surface area contributed by atoms with Crippen molar-refractivity contribution < 1.29 is 5.21 Å². The fourth-order valence-corrected chi connectivity index (χ4v) is 2.18. The monoisotopic (exact) mass is 293 g/mol. The fraction of sp³-hybridized carbons (Fsp3) is 0.600. The van der Waals surface area contributed by atoms with E-state index in [0.717, 1.165) is 31.7 Å². The molecule has 3 N–H and O–H groups in total. The molecular formula is C15H27N5O. The Morgan fingerprint density at radius 1 is 1.38 bits per heavy atom. The van der Waals surface area contributed by atoms with Gasteiger partial charge in [-0.25, -0.2) is 0 Å². The van der Waals surface area contributed by atoms with Crippen molar-refractivity contribution in [1.29, 1.82) is 0 Å². The van der Waals surface area contributed by atoms with E-state index in [1.54, 1.807) is 6.20 Å². The summed E-state index contributed by atoms with van der Waals surface area (Å²) in [5.41, 5.74) is 7.24. The standard InChI is InChI=1S/C15H27N5O/c1-12(2)10-20(9-8-19(3)4)11-13-6-5-7-17-14(13)15(16)18-21/h5-7,12,21H,8-11H2,1-4H3,(H2,16,18). The zero-order valence-electron chi connectivity index (χ0n) is 13.5. The van der Waals surface area contributed by atoms with Crippen LogP contribution in [0.1, 0.15) is 25.1 Å². The van der Waals surface area contributed by atoms with Gasteiger partial charge in [0.15, 0.2) is 5.84 Å². The molecule has 6 heteroatoms. The summed E-state index contributed by atoms with van der Waals surface area (Å²) in [6.45, 7) is 8.11. The molecule has 0 saturated heterocycles. The summed E-state index contributed by atoms with van der Waals surface area (Å²) in [5, 5.41) is 11.9. The van der Waals surface area contributed by atoms with E-state index >= 15 is 0 Å². The zero-order valence-corrected chi connectivity index (χ0v) is 13.5. The molecule has 0 amide bonds. The average molecular weight is 293 g/mol. The topological polar surface area (TPSA) is 78.0 Å². The molecule has 118 valence electrons. The Kier molecular flexibility index (Phi) is 7.11. The summed E-state index contributed by atoms with van der Waals surface area (Å²) in [6, 6.07) is 3.85. The molecule has 0 radical (unpaired) electrons. The van der Waals surface area contributed by atoms with Crippen molar-refractivity contribution in [3.05, 3.63) is 29.6 Å². The molecule has 1 aromatic rings. The van der Waals surface area contributed by atoms with Crippen molar-refractivity contribution in [2.75, 3.05) is 33.7 Å². The van der Waals surface area contributed by atoms with Crippen LogP contribution in [0.15, 0.2) is 23.5 Å². The number of rotatable bonds is 8. The summed E-state index contributed by atoms with van der Waals surface area (Å²) in [4.78, 5) is 8.76. The number of nitrogens with zero attached hydrogens (tertiary/aromatic N) is 4. The lowest BCUT2D eigenvalue weighted by Gasteiger charge is -2.26. The van der Waals surface area contributed by atoms with Crippen LogP contribution in [0.2, 0.25) is 0 Å². The first kappa shape index (κ1) is 17.4. The highest BCUT2D eigenvalue weighted by atomic mass is 16.4. The minimum atomic E-state index is 0.0581. The average Bonchev–Trinajstić information content (AvgIpc) is 2.44. The van der Waals surface area contributed by atoms with Crippen molar-refractivity contribution in [3.8, 4) is 0 Å². The van der Waals surface area contributed by atoms with Gasteiger partial charge in [0.2, 0.25) is 0 Å². The molecule has 6 nitrogen and oxygen atoms in total. The smallest absolute Gasteiger partial charge is 0.189 e. The number of hydrogen-bond acceptors (Lipinski definition) is 5. The van der Waals surface area contributed by atoms with Crippen molar-refractivity contribution in [2.45, 2.75) is 20.4 Å². The number of nitrogens with two attached hydrogens (primary N) is 1. The van der Waals surface area contributed by atoms with Crippen LogP contribution in [-0.2, 0) is 6.54 Å². The molecule has 1 aromatic heterocycles. The third-order valence-corrected chi connectivity index (χ3v) is 3.12. The van der Waals surface area contributed by atoms with Gasteiger partial charge in [0, 0.05) is 32.4 Å². The molecule has 0 atom stereocenters. The first-order valence-corrected chi connectivity index (χ1v) is 7.23. The minimum Gasteiger partial charge on any atom is -0.409 e. The third-order valence-electron chi connectivity index (χ3n) is 3.12. The number of oxime groups is 1. The van der Waals surface area contributed by atoms with Gasteiger partial charge >= 0.3 is 0 Å². The molecule has 0 unspecified atom stereocenters. The van der Waals surface area contributed by atoms with E-state index in [0.29, 0.717) is 11.6 Å². The van der Waals surface area contributed by atoms with Crippen LogP contribution < -0.4 is 5.73 Å². The van der Waals surface area contributed by atoms with Gasteiger partial charge in [-0.2, -0.15) is 0 Å². The first-order valence-electron chi connectivity index (χ1n) is 7.23. The van der Waals surface area contributed by atoms with Crippen LogP contribution in [0.25, 0.3) is 0 Å². The summed E-state index contributed by atoms with van der Waals surface area (Å²) in [7, 11) is 4.14. The number of amidine groups is 1. The molecule has 0 saturated carbocycles. The van der Waals surface area contributed by atoms with Gasteiger partial charge in [0.05, 0.1) is 0 Å². The molecule has 0 spiro atoms. The highest BCUT2D eigenvalue weighted by molar-refractivity contribution is 5.96. The fourth-order valence-electron chi connectivity index (χ4n) is 2.18. The maximum absolute atomic E-state index is 8.87. The Labute approximate surface area is 127 Å². The molecular weight excluding hydrogens is 266 g/mol.